The molecule has 26 heavy (non-hydrogen) atoms. The average molecular weight is 352 g/mol. The molecule has 0 aliphatic carbocycles. The number of aromatic nitrogens is 4. The quantitative estimate of drug-likeness (QED) is 0.715. The highest BCUT2D eigenvalue weighted by atomic mass is 16.3. The smallest absolute Gasteiger partial charge is 0.257 e. The van der Waals surface area contributed by atoms with Gasteiger partial charge in [0.15, 0.2) is 0 Å². The summed E-state index contributed by atoms with van der Waals surface area (Å²) >= 11 is 0. The third-order valence-electron chi connectivity index (χ3n) is 4.80. The maximum absolute atomic E-state index is 12.4. The Morgan fingerprint density at radius 3 is 2.50 bits per heavy atom. The second-order valence-corrected chi connectivity index (χ2v) is 6.31. The van der Waals surface area contributed by atoms with Crippen molar-refractivity contribution in [3.8, 4) is 5.82 Å². The van der Waals surface area contributed by atoms with Crippen LogP contribution in [0.5, 0.6) is 0 Å². The van der Waals surface area contributed by atoms with Gasteiger partial charge in [-0.2, -0.15) is 0 Å². The van der Waals surface area contributed by atoms with Crippen molar-refractivity contribution in [1.29, 1.82) is 0 Å². The lowest BCUT2D eigenvalue weighted by Crippen LogP contribution is -2.49. The Morgan fingerprint density at radius 2 is 1.85 bits per heavy atom. The molecule has 0 atom stereocenters. The maximum atomic E-state index is 12.4. The number of imidazole rings is 1. The lowest BCUT2D eigenvalue weighted by Gasteiger charge is -2.35. The molecule has 0 N–H and O–H groups in total. The van der Waals surface area contributed by atoms with Crippen molar-refractivity contribution in [2.45, 2.75) is 13.8 Å². The van der Waals surface area contributed by atoms with Crippen molar-refractivity contribution in [3.63, 3.8) is 0 Å². The van der Waals surface area contributed by atoms with Crippen LogP contribution in [-0.4, -0.2) is 56.5 Å². The van der Waals surface area contributed by atoms with Gasteiger partial charge in [-0.15, -0.1) is 0 Å². The molecule has 0 unspecified atom stereocenters. The Morgan fingerprint density at radius 1 is 1.08 bits per heavy atom. The van der Waals surface area contributed by atoms with Gasteiger partial charge >= 0.3 is 0 Å². The third kappa shape index (κ3) is 2.94. The van der Waals surface area contributed by atoms with Crippen LogP contribution in [0.4, 0.5) is 5.82 Å². The van der Waals surface area contributed by atoms with E-state index >= 15 is 0 Å². The molecule has 4 rings (SSSR count). The van der Waals surface area contributed by atoms with Crippen LogP contribution >= 0.6 is 0 Å². The van der Waals surface area contributed by atoms with Crippen LogP contribution < -0.4 is 4.90 Å². The van der Waals surface area contributed by atoms with Crippen LogP contribution in [0.25, 0.3) is 5.82 Å². The minimum Gasteiger partial charge on any atom is -0.472 e. The van der Waals surface area contributed by atoms with E-state index in [2.05, 4.69) is 19.9 Å². The van der Waals surface area contributed by atoms with Crippen molar-refractivity contribution in [2.75, 3.05) is 31.1 Å². The Hall–Kier alpha value is -3.16. The summed E-state index contributed by atoms with van der Waals surface area (Å²) in [5.41, 5.74) is 2.63. The highest BCUT2D eigenvalue weighted by Gasteiger charge is 2.23. The molecule has 1 saturated heterocycles. The molecule has 0 saturated carbocycles. The molecule has 0 bridgehead atoms. The molecule has 4 heterocycles. The fourth-order valence-electron chi connectivity index (χ4n) is 3.08. The zero-order valence-corrected chi connectivity index (χ0v) is 14.8. The summed E-state index contributed by atoms with van der Waals surface area (Å²) in [5.74, 6) is 1.66. The van der Waals surface area contributed by atoms with E-state index in [0.717, 1.165) is 36.1 Å². The van der Waals surface area contributed by atoms with Crippen LogP contribution in [-0.2, 0) is 0 Å². The fourth-order valence-corrected chi connectivity index (χ4v) is 3.08. The molecule has 0 radical (unpaired) electrons. The Balaban J connectivity index is 1.47. The van der Waals surface area contributed by atoms with Gasteiger partial charge in [0.05, 0.1) is 17.5 Å². The zero-order chi connectivity index (χ0) is 18.1. The van der Waals surface area contributed by atoms with E-state index in [1.54, 1.807) is 18.7 Å². The van der Waals surface area contributed by atoms with Crippen molar-refractivity contribution in [1.82, 2.24) is 24.4 Å². The van der Waals surface area contributed by atoms with Gasteiger partial charge in [0.1, 0.15) is 30.6 Å². The van der Waals surface area contributed by atoms with Crippen molar-refractivity contribution in [3.05, 3.63) is 54.3 Å². The van der Waals surface area contributed by atoms with Gasteiger partial charge < -0.3 is 14.2 Å². The topological polar surface area (TPSA) is 80.3 Å². The summed E-state index contributed by atoms with van der Waals surface area (Å²) < 4.78 is 6.96. The summed E-state index contributed by atoms with van der Waals surface area (Å²) in [6.07, 6.45) is 6.35. The summed E-state index contributed by atoms with van der Waals surface area (Å²) in [6, 6.07) is 3.66. The van der Waals surface area contributed by atoms with Gasteiger partial charge in [0, 0.05) is 37.9 Å². The molecule has 0 aromatic carbocycles. The molecule has 3 aromatic rings. The summed E-state index contributed by atoms with van der Waals surface area (Å²) in [4.78, 5) is 29.5. The lowest BCUT2D eigenvalue weighted by molar-refractivity contribution is 0.0746. The monoisotopic (exact) mass is 352 g/mol. The second kappa shape index (κ2) is 6.62. The number of rotatable bonds is 3. The Kier molecular flexibility index (Phi) is 4.16. The first-order valence-corrected chi connectivity index (χ1v) is 8.53. The summed E-state index contributed by atoms with van der Waals surface area (Å²) in [7, 11) is 0. The van der Waals surface area contributed by atoms with E-state index in [4.69, 9.17) is 4.42 Å². The average Bonchev–Trinajstić information content (AvgIpc) is 3.33. The molecule has 3 aromatic heterocycles. The van der Waals surface area contributed by atoms with E-state index < -0.39 is 0 Å². The maximum Gasteiger partial charge on any atom is 0.257 e. The molecule has 8 nitrogen and oxygen atoms in total. The molecule has 1 aliphatic rings. The molecule has 1 aliphatic heterocycles. The van der Waals surface area contributed by atoms with Gasteiger partial charge in [-0.05, 0) is 19.9 Å². The van der Waals surface area contributed by atoms with Crippen molar-refractivity contribution >= 4 is 11.7 Å². The molecule has 8 heteroatoms. The van der Waals surface area contributed by atoms with Crippen molar-refractivity contribution in [2.24, 2.45) is 0 Å². The summed E-state index contributed by atoms with van der Waals surface area (Å²) in [5, 5.41) is 0. The second-order valence-electron chi connectivity index (χ2n) is 6.31. The number of nitrogens with zero attached hydrogens (tertiary/aromatic N) is 6. The third-order valence-corrected chi connectivity index (χ3v) is 4.80. The Labute approximate surface area is 151 Å². The largest absolute Gasteiger partial charge is 0.472 e. The van der Waals surface area contributed by atoms with Gasteiger partial charge in [-0.1, -0.05) is 0 Å². The number of aryl methyl sites for hydroxylation is 1. The van der Waals surface area contributed by atoms with E-state index in [0.29, 0.717) is 18.7 Å². The van der Waals surface area contributed by atoms with Gasteiger partial charge in [-0.3, -0.25) is 9.36 Å². The van der Waals surface area contributed by atoms with Gasteiger partial charge in [0.2, 0.25) is 0 Å². The predicted octanol–water partition coefficient (Wildman–Crippen LogP) is 1.83. The minimum atomic E-state index is 0.00583. The van der Waals surface area contributed by atoms with Crippen LogP contribution in [0.1, 0.15) is 21.7 Å². The summed E-state index contributed by atoms with van der Waals surface area (Å²) in [6.45, 7) is 6.73. The minimum absolute atomic E-state index is 0.00583. The molecule has 1 fully saturated rings. The number of anilines is 1. The fraction of sp³-hybridized carbons (Fsp3) is 0.333. The molecular weight excluding hydrogens is 332 g/mol. The van der Waals surface area contributed by atoms with E-state index in [1.807, 2.05) is 29.4 Å². The van der Waals surface area contributed by atoms with Crippen molar-refractivity contribution < 1.29 is 9.21 Å². The van der Waals surface area contributed by atoms with Gasteiger partial charge in [-0.25, -0.2) is 15.0 Å². The number of piperazine rings is 1. The van der Waals surface area contributed by atoms with E-state index in [-0.39, 0.29) is 5.91 Å². The number of amides is 1. The number of furan rings is 1. The molecule has 1 amide bonds. The predicted molar refractivity (Wildman–Crippen MR) is 95.5 cm³/mol. The highest BCUT2D eigenvalue weighted by Crippen LogP contribution is 2.19. The van der Waals surface area contributed by atoms with Crippen LogP contribution in [0.3, 0.4) is 0 Å². The van der Waals surface area contributed by atoms with E-state index in [9.17, 15) is 4.79 Å². The first-order chi connectivity index (χ1) is 12.6. The number of hydrogen-bond donors (Lipinski definition) is 0. The normalized spacial score (nSPS) is 14.7. The number of carbonyl (C=O) groups is 1. The molecule has 0 spiro atoms. The highest BCUT2D eigenvalue weighted by molar-refractivity contribution is 5.94. The van der Waals surface area contributed by atoms with Crippen LogP contribution in [0, 0.1) is 13.8 Å². The molecular formula is C18H20N6O2. The number of carbonyl (C=O) groups excluding carboxylic acids is 1. The number of hydrogen-bond acceptors (Lipinski definition) is 6. The van der Waals surface area contributed by atoms with E-state index in [1.165, 1.54) is 12.5 Å². The van der Waals surface area contributed by atoms with Gasteiger partial charge in [0.25, 0.3) is 5.91 Å². The first kappa shape index (κ1) is 16.3. The standard InChI is InChI=1S/C18H20N6O2/c1-13-14(2)24(12-21-13)17-9-16(19-11-20-17)22-4-6-23(7-5-22)18(25)15-3-8-26-10-15/h3,8-12H,4-7H2,1-2H3. The lowest BCUT2D eigenvalue weighted by atomic mass is 10.2. The van der Waals surface area contributed by atoms with Crippen LogP contribution in [0.2, 0.25) is 0 Å². The zero-order valence-electron chi connectivity index (χ0n) is 14.8. The first-order valence-electron chi connectivity index (χ1n) is 8.53. The molecule has 134 valence electrons. The van der Waals surface area contributed by atoms with Crippen LogP contribution in [0.15, 0.2) is 41.7 Å². The Bertz CT molecular complexity index is 910. The SMILES string of the molecule is Cc1ncn(-c2cc(N3CCN(C(=O)c4ccoc4)CC3)ncn2)c1C.